The van der Waals surface area contributed by atoms with Gasteiger partial charge in [0.1, 0.15) is 5.82 Å². The summed E-state index contributed by atoms with van der Waals surface area (Å²) in [4.78, 5) is 12.0. The van der Waals surface area contributed by atoms with E-state index in [1.807, 2.05) is 36.4 Å². The van der Waals surface area contributed by atoms with Crippen molar-refractivity contribution in [1.82, 2.24) is 0 Å². The molecule has 42 heavy (non-hydrogen) atoms. The SMILES string of the molecule is O=C(O)c1ccc(-c2ccc(F)cc2)cc1C=Cc1ccc(NCCCC2CCCCC2)c(NCc2ccccc2)c1. The maximum absolute atomic E-state index is 13.4. The first-order valence-electron chi connectivity index (χ1n) is 15.0. The van der Waals surface area contributed by atoms with E-state index in [1.165, 1.54) is 56.2 Å². The van der Waals surface area contributed by atoms with Crippen molar-refractivity contribution in [2.45, 2.75) is 51.5 Å². The summed E-state index contributed by atoms with van der Waals surface area (Å²) in [6.45, 7) is 1.64. The van der Waals surface area contributed by atoms with Gasteiger partial charge in [-0.3, -0.25) is 0 Å². The molecule has 4 nitrogen and oxygen atoms in total. The maximum Gasteiger partial charge on any atom is 0.336 e. The van der Waals surface area contributed by atoms with Gasteiger partial charge >= 0.3 is 5.97 Å². The summed E-state index contributed by atoms with van der Waals surface area (Å²) in [5.41, 5.74) is 6.71. The van der Waals surface area contributed by atoms with Gasteiger partial charge in [-0.25, -0.2) is 9.18 Å². The second-order valence-electron chi connectivity index (χ2n) is 11.2. The molecule has 4 aromatic carbocycles. The van der Waals surface area contributed by atoms with Crippen LogP contribution in [0.2, 0.25) is 0 Å². The van der Waals surface area contributed by atoms with Crippen LogP contribution in [-0.4, -0.2) is 17.6 Å². The van der Waals surface area contributed by atoms with E-state index in [-0.39, 0.29) is 11.4 Å². The zero-order valence-corrected chi connectivity index (χ0v) is 24.0. The van der Waals surface area contributed by atoms with Crippen molar-refractivity contribution in [3.05, 3.63) is 119 Å². The lowest BCUT2D eigenvalue weighted by molar-refractivity contribution is 0.0696. The highest BCUT2D eigenvalue weighted by Crippen LogP contribution is 2.29. The zero-order valence-electron chi connectivity index (χ0n) is 24.0. The van der Waals surface area contributed by atoms with E-state index in [4.69, 9.17) is 0 Å². The van der Waals surface area contributed by atoms with Crippen molar-refractivity contribution < 1.29 is 14.3 Å². The van der Waals surface area contributed by atoms with Crippen LogP contribution < -0.4 is 10.6 Å². The molecule has 0 amide bonds. The van der Waals surface area contributed by atoms with Crippen molar-refractivity contribution in [2.24, 2.45) is 5.92 Å². The fraction of sp³-hybridized carbons (Fsp3) is 0.270. The van der Waals surface area contributed by atoms with Gasteiger partial charge in [0.15, 0.2) is 0 Å². The number of carboxylic acids is 1. The third kappa shape index (κ3) is 8.10. The van der Waals surface area contributed by atoms with Crippen molar-refractivity contribution in [2.75, 3.05) is 17.2 Å². The number of aromatic carboxylic acids is 1. The van der Waals surface area contributed by atoms with Crippen LogP contribution in [0.25, 0.3) is 23.3 Å². The number of benzene rings is 4. The molecule has 0 atom stereocenters. The van der Waals surface area contributed by atoms with Gasteiger partial charge in [-0.05, 0) is 83.0 Å². The van der Waals surface area contributed by atoms with Crippen LogP contribution in [0.15, 0.2) is 91.0 Å². The first kappa shape index (κ1) is 29.1. The molecule has 0 radical (unpaired) electrons. The van der Waals surface area contributed by atoms with Crippen molar-refractivity contribution in [3.63, 3.8) is 0 Å². The largest absolute Gasteiger partial charge is 0.478 e. The molecular weight excluding hydrogens is 523 g/mol. The fourth-order valence-electron chi connectivity index (χ4n) is 5.75. The van der Waals surface area contributed by atoms with Gasteiger partial charge in [0.2, 0.25) is 0 Å². The number of carbonyl (C=O) groups is 1. The molecule has 4 aromatic rings. The summed E-state index contributed by atoms with van der Waals surface area (Å²) in [5, 5.41) is 17.1. The average molecular weight is 563 g/mol. The van der Waals surface area contributed by atoms with Gasteiger partial charge in [-0.1, -0.05) is 98.9 Å². The molecular formula is C37H39FN2O2. The number of hydrogen-bond acceptors (Lipinski definition) is 3. The van der Waals surface area contributed by atoms with E-state index in [0.717, 1.165) is 46.9 Å². The molecule has 0 heterocycles. The second-order valence-corrected chi connectivity index (χ2v) is 11.2. The number of anilines is 2. The minimum Gasteiger partial charge on any atom is -0.478 e. The Morgan fingerprint density at radius 1 is 0.810 bits per heavy atom. The monoisotopic (exact) mass is 562 g/mol. The molecule has 0 saturated heterocycles. The number of halogens is 1. The van der Waals surface area contributed by atoms with E-state index in [0.29, 0.717) is 12.1 Å². The van der Waals surface area contributed by atoms with Gasteiger partial charge in [0.25, 0.3) is 0 Å². The highest BCUT2D eigenvalue weighted by atomic mass is 19.1. The van der Waals surface area contributed by atoms with Crippen LogP contribution in [0.4, 0.5) is 15.8 Å². The van der Waals surface area contributed by atoms with Gasteiger partial charge in [-0.15, -0.1) is 0 Å². The lowest BCUT2D eigenvalue weighted by Crippen LogP contribution is -2.10. The third-order valence-corrected chi connectivity index (χ3v) is 8.11. The highest BCUT2D eigenvalue weighted by molar-refractivity contribution is 5.95. The minimum atomic E-state index is -0.988. The van der Waals surface area contributed by atoms with Crippen LogP contribution in [0, 0.1) is 11.7 Å². The predicted octanol–water partition coefficient (Wildman–Crippen LogP) is 9.75. The summed E-state index contributed by atoms with van der Waals surface area (Å²) >= 11 is 0. The molecule has 0 unspecified atom stereocenters. The predicted molar refractivity (Wildman–Crippen MR) is 172 cm³/mol. The first-order valence-corrected chi connectivity index (χ1v) is 15.0. The molecule has 1 aliphatic rings. The smallest absolute Gasteiger partial charge is 0.336 e. The average Bonchev–Trinajstić information content (AvgIpc) is 3.03. The lowest BCUT2D eigenvalue weighted by atomic mass is 9.86. The van der Waals surface area contributed by atoms with Crippen LogP contribution >= 0.6 is 0 Å². The summed E-state index contributed by atoms with van der Waals surface area (Å²) in [6.07, 6.45) is 13.1. The van der Waals surface area contributed by atoms with Gasteiger partial charge in [0, 0.05) is 13.1 Å². The lowest BCUT2D eigenvalue weighted by Gasteiger charge is -2.21. The summed E-state index contributed by atoms with van der Waals surface area (Å²) in [6, 6.07) is 28.0. The Labute approximate surface area is 248 Å². The maximum atomic E-state index is 13.4. The van der Waals surface area contributed by atoms with E-state index >= 15 is 0 Å². The number of hydrogen-bond donors (Lipinski definition) is 3. The Bertz CT molecular complexity index is 1490. The summed E-state index contributed by atoms with van der Waals surface area (Å²) < 4.78 is 13.4. The van der Waals surface area contributed by atoms with E-state index < -0.39 is 5.97 Å². The van der Waals surface area contributed by atoms with Gasteiger partial charge < -0.3 is 15.7 Å². The molecule has 0 spiro atoms. The van der Waals surface area contributed by atoms with Gasteiger partial charge in [0.05, 0.1) is 16.9 Å². The molecule has 216 valence electrons. The molecule has 3 N–H and O–H groups in total. The van der Waals surface area contributed by atoms with Crippen LogP contribution in [0.3, 0.4) is 0 Å². The number of rotatable bonds is 12. The zero-order chi connectivity index (χ0) is 29.1. The molecule has 0 bridgehead atoms. The van der Waals surface area contributed by atoms with Crippen LogP contribution in [-0.2, 0) is 6.54 Å². The molecule has 1 fully saturated rings. The third-order valence-electron chi connectivity index (χ3n) is 8.11. The molecule has 1 saturated carbocycles. The Kier molecular flexibility index (Phi) is 10.1. The van der Waals surface area contributed by atoms with Gasteiger partial charge in [-0.2, -0.15) is 0 Å². The van der Waals surface area contributed by atoms with Crippen molar-refractivity contribution >= 4 is 29.5 Å². The Morgan fingerprint density at radius 3 is 2.33 bits per heavy atom. The van der Waals surface area contributed by atoms with E-state index in [2.05, 4.69) is 41.0 Å². The fourth-order valence-corrected chi connectivity index (χ4v) is 5.75. The molecule has 0 aromatic heterocycles. The summed E-state index contributed by atoms with van der Waals surface area (Å²) in [7, 11) is 0. The Hall–Kier alpha value is -4.38. The molecule has 1 aliphatic carbocycles. The van der Waals surface area contributed by atoms with E-state index in [9.17, 15) is 14.3 Å². The van der Waals surface area contributed by atoms with Crippen molar-refractivity contribution in [3.8, 4) is 11.1 Å². The summed E-state index contributed by atoms with van der Waals surface area (Å²) in [5.74, 6) is -0.417. The minimum absolute atomic E-state index is 0.218. The Morgan fingerprint density at radius 2 is 1.57 bits per heavy atom. The van der Waals surface area contributed by atoms with Crippen LogP contribution in [0.1, 0.15) is 72.0 Å². The van der Waals surface area contributed by atoms with Crippen molar-refractivity contribution in [1.29, 1.82) is 0 Å². The molecule has 5 heteroatoms. The Balaban J connectivity index is 1.34. The normalized spacial score (nSPS) is 13.7. The molecule has 5 rings (SSSR count). The first-order chi connectivity index (χ1) is 20.5. The quantitative estimate of drug-likeness (QED) is 0.119. The topological polar surface area (TPSA) is 61.4 Å². The molecule has 0 aliphatic heterocycles. The second kappa shape index (κ2) is 14.5. The number of carboxylic acid groups (broad SMARTS) is 1. The van der Waals surface area contributed by atoms with Crippen LogP contribution in [0.5, 0.6) is 0 Å². The number of nitrogens with one attached hydrogen (secondary N) is 2. The van der Waals surface area contributed by atoms with E-state index in [1.54, 1.807) is 24.3 Å². The standard InChI is InChI=1S/C37H39FN2O2/c38-33-19-16-30(17-20-33)31-18-21-34(37(41)42)32(25-31)15-13-28-14-22-35(39-23-7-12-27-8-3-1-4-9-27)36(24-28)40-26-29-10-5-2-6-11-29/h2,5-6,10-11,13-22,24-25,27,39-40H,1,3-4,7-9,12,23,26H2,(H,41,42). The highest BCUT2D eigenvalue weighted by Gasteiger charge is 2.13.